The van der Waals surface area contributed by atoms with E-state index in [-0.39, 0.29) is 6.03 Å². The minimum Gasteiger partial charge on any atom is -0.497 e. The maximum absolute atomic E-state index is 14.1. The predicted octanol–water partition coefficient (Wildman–Crippen LogP) is 5.37. The Kier molecular flexibility index (Phi) is 6.77. The molecular formula is C26H25F2N3O3. The van der Waals surface area contributed by atoms with E-state index in [9.17, 15) is 18.4 Å². The van der Waals surface area contributed by atoms with Crippen molar-refractivity contribution in [2.75, 3.05) is 30.4 Å². The van der Waals surface area contributed by atoms with E-state index in [1.165, 1.54) is 6.07 Å². The third-order valence-corrected chi connectivity index (χ3v) is 5.70. The van der Waals surface area contributed by atoms with Crippen LogP contribution in [-0.4, -0.2) is 37.0 Å². The molecule has 0 atom stereocenters. The largest absolute Gasteiger partial charge is 0.497 e. The van der Waals surface area contributed by atoms with Crippen molar-refractivity contribution in [1.29, 1.82) is 0 Å². The Hall–Kier alpha value is -3.94. The average Bonchev–Trinajstić information content (AvgIpc) is 2.81. The summed E-state index contributed by atoms with van der Waals surface area (Å²) in [6, 6.07) is 15.8. The fraction of sp³-hybridized carbons (Fsp3) is 0.231. The van der Waals surface area contributed by atoms with Crippen molar-refractivity contribution in [2.24, 2.45) is 0 Å². The molecule has 1 aliphatic heterocycles. The van der Waals surface area contributed by atoms with Crippen LogP contribution in [0.5, 0.6) is 5.75 Å². The van der Waals surface area contributed by atoms with Gasteiger partial charge in [-0.25, -0.2) is 13.6 Å². The smallest absolute Gasteiger partial charge is 0.324 e. The van der Waals surface area contributed by atoms with Gasteiger partial charge in [0.05, 0.1) is 18.5 Å². The monoisotopic (exact) mass is 465 g/mol. The lowest BCUT2D eigenvalue weighted by molar-refractivity contribution is 0.101. The maximum Gasteiger partial charge on any atom is 0.324 e. The summed E-state index contributed by atoms with van der Waals surface area (Å²) < 4.78 is 33.5. The topological polar surface area (TPSA) is 61.9 Å². The minimum absolute atomic E-state index is 0.217. The number of halogens is 2. The predicted molar refractivity (Wildman–Crippen MR) is 126 cm³/mol. The first kappa shape index (κ1) is 23.2. The van der Waals surface area contributed by atoms with Crippen LogP contribution in [0.15, 0.2) is 60.7 Å². The molecule has 0 aliphatic carbocycles. The second-order valence-electron chi connectivity index (χ2n) is 8.13. The van der Waals surface area contributed by atoms with Crippen LogP contribution in [0, 0.1) is 18.6 Å². The van der Waals surface area contributed by atoms with Crippen LogP contribution in [-0.2, 0) is 6.54 Å². The number of hydrogen-bond donors (Lipinski definition) is 1. The van der Waals surface area contributed by atoms with Crippen molar-refractivity contribution in [1.82, 2.24) is 4.90 Å². The summed E-state index contributed by atoms with van der Waals surface area (Å²) >= 11 is 0. The van der Waals surface area contributed by atoms with E-state index in [0.29, 0.717) is 36.8 Å². The third kappa shape index (κ3) is 4.85. The van der Waals surface area contributed by atoms with Crippen molar-refractivity contribution >= 4 is 23.3 Å². The van der Waals surface area contributed by atoms with Gasteiger partial charge >= 0.3 is 6.03 Å². The lowest BCUT2D eigenvalue weighted by Gasteiger charge is -2.36. The van der Waals surface area contributed by atoms with Crippen molar-refractivity contribution in [3.05, 3.63) is 89.0 Å². The number of amides is 3. The van der Waals surface area contributed by atoms with Crippen LogP contribution in [0.25, 0.3) is 0 Å². The number of methoxy groups -OCH3 is 1. The molecule has 1 heterocycles. The van der Waals surface area contributed by atoms with Crippen LogP contribution in [0.3, 0.4) is 0 Å². The molecule has 3 aromatic rings. The number of rotatable bonds is 6. The number of ether oxygens (including phenoxy) is 1. The zero-order valence-corrected chi connectivity index (χ0v) is 19.0. The molecule has 8 heteroatoms. The van der Waals surface area contributed by atoms with Crippen LogP contribution in [0.1, 0.15) is 27.9 Å². The van der Waals surface area contributed by atoms with Gasteiger partial charge in [0, 0.05) is 19.6 Å². The normalized spacial score (nSPS) is 13.7. The molecule has 0 aromatic heterocycles. The van der Waals surface area contributed by atoms with Gasteiger partial charge in [0.2, 0.25) is 0 Å². The highest BCUT2D eigenvalue weighted by Crippen LogP contribution is 2.31. The Labute approximate surface area is 196 Å². The van der Waals surface area contributed by atoms with E-state index in [1.54, 1.807) is 29.0 Å². The maximum atomic E-state index is 14.1. The molecule has 176 valence electrons. The van der Waals surface area contributed by atoms with Gasteiger partial charge in [-0.15, -0.1) is 0 Å². The number of nitrogens with zero attached hydrogens (tertiary/aromatic N) is 2. The number of benzene rings is 3. The molecule has 34 heavy (non-hydrogen) atoms. The van der Waals surface area contributed by atoms with Crippen LogP contribution < -0.4 is 15.0 Å². The molecule has 0 unspecified atom stereocenters. The molecule has 0 saturated carbocycles. The zero-order chi connectivity index (χ0) is 24.2. The van der Waals surface area contributed by atoms with E-state index in [1.807, 2.05) is 37.3 Å². The van der Waals surface area contributed by atoms with Crippen molar-refractivity contribution < 1.29 is 23.1 Å². The van der Waals surface area contributed by atoms with Gasteiger partial charge in [-0.2, -0.15) is 0 Å². The highest BCUT2D eigenvalue weighted by molar-refractivity contribution is 6.08. The molecule has 1 fully saturated rings. The molecule has 0 radical (unpaired) electrons. The quantitative estimate of drug-likeness (QED) is 0.533. The number of anilines is 2. The molecule has 1 aliphatic rings. The first-order chi connectivity index (χ1) is 16.4. The summed E-state index contributed by atoms with van der Waals surface area (Å²) in [6.07, 6.45) is 0.721. The summed E-state index contributed by atoms with van der Waals surface area (Å²) in [5.74, 6) is -2.11. The van der Waals surface area contributed by atoms with Gasteiger partial charge in [0.1, 0.15) is 22.9 Å². The van der Waals surface area contributed by atoms with E-state index < -0.39 is 23.1 Å². The molecule has 0 bridgehead atoms. The second kappa shape index (κ2) is 9.91. The average molecular weight is 466 g/mol. The second-order valence-corrected chi connectivity index (χ2v) is 8.13. The number of carbonyl (C=O) groups excluding carboxylic acids is 2. The highest BCUT2D eigenvalue weighted by atomic mass is 19.1. The lowest BCUT2D eigenvalue weighted by Crippen LogP contribution is -2.49. The third-order valence-electron chi connectivity index (χ3n) is 5.70. The van der Waals surface area contributed by atoms with Gasteiger partial charge < -0.3 is 15.0 Å². The van der Waals surface area contributed by atoms with E-state index in [0.717, 1.165) is 29.7 Å². The zero-order valence-electron chi connectivity index (χ0n) is 19.0. The molecule has 0 spiro atoms. The number of hydrogen-bond acceptors (Lipinski definition) is 3. The Balaban J connectivity index is 1.60. The van der Waals surface area contributed by atoms with Crippen molar-refractivity contribution in [3.8, 4) is 5.75 Å². The summed E-state index contributed by atoms with van der Waals surface area (Å²) in [5.41, 5.74) is 1.87. The van der Waals surface area contributed by atoms with Gasteiger partial charge in [-0.1, -0.05) is 24.3 Å². The van der Waals surface area contributed by atoms with Crippen LogP contribution in [0.2, 0.25) is 0 Å². The lowest BCUT2D eigenvalue weighted by atomic mass is 10.1. The molecule has 3 amide bonds. The molecule has 4 rings (SSSR count). The standard InChI is InChI=1S/C26H25F2N3O3/c1-17-10-11-23(22(14-17)29-25(32)24-20(27)8-4-9-21(24)28)31-13-5-12-30(26(31)33)16-18-6-3-7-19(15-18)34-2/h3-4,6-11,14-15H,5,12-13,16H2,1-2H3,(H,29,32). The Bertz CT molecular complexity index is 1210. The van der Waals surface area contributed by atoms with Gasteiger partial charge in [-0.05, 0) is 60.9 Å². The minimum atomic E-state index is -0.954. The summed E-state index contributed by atoms with van der Waals surface area (Å²) in [4.78, 5) is 29.4. The Morgan fingerprint density at radius 3 is 2.50 bits per heavy atom. The van der Waals surface area contributed by atoms with Crippen LogP contribution in [0.4, 0.5) is 25.0 Å². The van der Waals surface area contributed by atoms with E-state index >= 15 is 0 Å². The Morgan fingerprint density at radius 2 is 1.76 bits per heavy atom. The SMILES string of the molecule is COc1cccc(CN2CCCN(c3ccc(C)cc3NC(=O)c3c(F)cccc3F)C2=O)c1. The number of nitrogens with one attached hydrogen (secondary N) is 1. The molecule has 1 N–H and O–H groups in total. The highest BCUT2D eigenvalue weighted by Gasteiger charge is 2.29. The fourth-order valence-corrected chi connectivity index (χ4v) is 4.03. The van der Waals surface area contributed by atoms with Crippen molar-refractivity contribution in [3.63, 3.8) is 0 Å². The first-order valence-corrected chi connectivity index (χ1v) is 10.9. The summed E-state index contributed by atoms with van der Waals surface area (Å²) in [6.45, 7) is 3.27. The van der Waals surface area contributed by atoms with E-state index in [4.69, 9.17) is 4.74 Å². The molecule has 6 nitrogen and oxygen atoms in total. The van der Waals surface area contributed by atoms with Crippen molar-refractivity contribution in [2.45, 2.75) is 19.9 Å². The summed E-state index contributed by atoms with van der Waals surface area (Å²) in [5, 5.41) is 2.60. The molecule has 1 saturated heterocycles. The van der Waals surface area contributed by atoms with Gasteiger partial charge in [-0.3, -0.25) is 9.69 Å². The van der Waals surface area contributed by atoms with Gasteiger partial charge in [0.25, 0.3) is 5.91 Å². The molecule has 3 aromatic carbocycles. The fourth-order valence-electron chi connectivity index (χ4n) is 4.03. The summed E-state index contributed by atoms with van der Waals surface area (Å²) in [7, 11) is 1.59. The van der Waals surface area contributed by atoms with E-state index in [2.05, 4.69) is 5.32 Å². The first-order valence-electron chi connectivity index (χ1n) is 10.9. The van der Waals surface area contributed by atoms with Crippen LogP contribution >= 0.6 is 0 Å². The molecular weight excluding hydrogens is 440 g/mol. The number of aryl methyl sites for hydroxylation is 1. The Morgan fingerprint density at radius 1 is 1.03 bits per heavy atom. The number of urea groups is 1. The number of carbonyl (C=O) groups is 2. The van der Waals surface area contributed by atoms with Gasteiger partial charge in [0.15, 0.2) is 0 Å².